The third kappa shape index (κ3) is 5.04. The highest BCUT2D eigenvalue weighted by molar-refractivity contribution is 7.74. The Morgan fingerprint density at radius 3 is 2.77 bits per heavy atom. The molecule has 31 heavy (non-hydrogen) atoms. The molecule has 2 aromatic carbocycles. The molecule has 1 heterocycles. The van der Waals surface area contributed by atoms with Crippen LogP contribution in [0, 0.1) is 0 Å². The van der Waals surface area contributed by atoms with Gasteiger partial charge in [-0.05, 0) is 42.7 Å². The van der Waals surface area contributed by atoms with Gasteiger partial charge in [-0.2, -0.15) is 4.21 Å². The van der Waals surface area contributed by atoms with Crippen LogP contribution in [0.3, 0.4) is 0 Å². The first-order valence-corrected chi connectivity index (χ1v) is 10.7. The molecule has 0 aromatic heterocycles. The summed E-state index contributed by atoms with van der Waals surface area (Å²) < 4.78 is 35.7. The number of hydrogen-bond donors (Lipinski definition) is 2. The monoisotopic (exact) mass is 448 g/mol. The predicted molar refractivity (Wildman–Crippen MR) is 114 cm³/mol. The van der Waals surface area contributed by atoms with Gasteiger partial charge in [0.05, 0.1) is 37.6 Å². The van der Waals surface area contributed by atoms with Gasteiger partial charge in [0, 0.05) is 6.54 Å². The van der Waals surface area contributed by atoms with E-state index in [9.17, 15) is 13.8 Å². The number of anilines is 1. The van der Waals surface area contributed by atoms with Crippen LogP contribution in [0.2, 0.25) is 0 Å². The number of ether oxygens (including phenoxy) is 2. The van der Waals surface area contributed by atoms with Gasteiger partial charge in [0.2, 0.25) is 6.41 Å². The molecule has 1 aliphatic rings. The Morgan fingerprint density at radius 1 is 1.29 bits per heavy atom. The number of hydrogen-bond acceptors (Lipinski definition) is 6. The van der Waals surface area contributed by atoms with E-state index >= 15 is 0 Å². The number of nitrogens with one attached hydrogen (secondary N) is 1. The number of methoxy groups -OCH3 is 1. The average Bonchev–Trinajstić information content (AvgIpc) is 3.09. The standard InChI is InChI=1S/C21H24N2O7S/c1-3-29-19-11-14(7-8-18(19)28-2)17(9-10-30-31(26)27)23-12-15-5-4-6-16(22-13-24)20(15)21(23)25/h4-8,11,13,17H,3,9-10,12H2,1-2H3,(H,22,24)(H,26,27)/t17-/m0/s1. The summed E-state index contributed by atoms with van der Waals surface area (Å²) in [4.78, 5) is 25.9. The summed E-state index contributed by atoms with van der Waals surface area (Å²) in [6, 6.07) is 10.2. The number of amides is 2. The van der Waals surface area contributed by atoms with Gasteiger partial charge in [0.1, 0.15) is 0 Å². The normalized spacial score (nSPS) is 14.7. The highest BCUT2D eigenvalue weighted by Crippen LogP contribution is 2.39. The minimum absolute atomic E-state index is 0.0383. The van der Waals surface area contributed by atoms with Crippen molar-refractivity contribution in [2.24, 2.45) is 0 Å². The maximum Gasteiger partial charge on any atom is 0.301 e. The molecule has 1 unspecified atom stereocenters. The van der Waals surface area contributed by atoms with Crippen LogP contribution in [0.15, 0.2) is 36.4 Å². The predicted octanol–water partition coefficient (Wildman–Crippen LogP) is 2.90. The second-order valence-electron chi connectivity index (χ2n) is 6.72. The van der Waals surface area contributed by atoms with Crippen molar-refractivity contribution in [3.8, 4) is 11.5 Å². The highest BCUT2D eigenvalue weighted by atomic mass is 32.2. The van der Waals surface area contributed by atoms with Crippen molar-refractivity contribution in [1.29, 1.82) is 0 Å². The summed E-state index contributed by atoms with van der Waals surface area (Å²) in [6.45, 7) is 2.58. The van der Waals surface area contributed by atoms with E-state index in [0.29, 0.717) is 42.3 Å². The fourth-order valence-electron chi connectivity index (χ4n) is 3.72. The van der Waals surface area contributed by atoms with E-state index in [0.717, 1.165) is 11.1 Å². The van der Waals surface area contributed by atoms with Crippen molar-refractivity contribution >= 4 is 29.4 Å². The van der Waals surface area contributed by atoms with Gasteiger partial charge in [-0.3, -0.25) is 18.3 Å². The number of nitrogens with zero attached hydrogens (tertiary/aromatic N) is 1. The summed E-state index contributed by atoms with van der Waals surface area (Å²) in [5, 5.41) is 2.57. The molecule has 0 radical (unpaired) electrons. The van der Waals surface area contributed by atoms with Gasteiger partial charge in [-0.25, -0.2) is 0 Å². The van der Waals surface area contributed by atoms with Crippen LogP contribution in [-0.2, 0) is 26.9 Å². The second-order valence-corrected chi connectivity index (χ2v) is 7.39. The van der Waals surface area contributed by atoms with E-state index in [4.69, 9.17) is 18.2 Å². The molecule has 0 saturated heterocycles. The molecule has 2 amide bonds. The number of fused-ring (bicyclic) bond motifs is 1. The SMILES string of the molecule is CCOc1cc([C@H](CCOS(=O)O)N2Cc3cccc(NC=O)c3C2=O)ccc1OC. The molecule has 0 spiro atoms. The second kappa shape index (κ2) is 10.4. The molecular weight excluding hydrogens is 424 g/mol. The lowest BCUT2D eigenvalue weighted by Crippen LogP contribution is -2.30. The average molecular weight is 448 g/mol. The van der Waals surface area contributed by atoms with Gasteiger partial charge in [-0.15, -0.1) is 0 Å². The summed E-state index contributed by atoms with van der Waals surface area (Å²) in [5.74, 6) is 0.848. The smallest absolute Gasteiger partial charge is 0.301 e. The van der Waals surface area contributed by atoms with Crippen LogP contribution in [-0.4, -0.2) is 46.3 Å². The van der Waals surface area contributed by atoms with Crippen molar-refractivity contribution in [3.05, 3.63) is 53.1 Å². The Kier molecular flexibility index (Phi) is 7.61. The van der Waals surface area contributed by atoms with Crippen molar-refractivity contribution in [1.82, 2.24) is 4.90 Å². The Bertz CT molecular complexity index is 982. The summed E-state index contributed by atoms with van der Waals surface area (Å²) >= 11 is -2.40. The molecule has 2 aromatic rings. The zero-order valence-corrected chi connectivity index (χ0v) is 18.0. The molecule has 0 bridgehead atoms. The molecule has 2 atom stereocenters. The molecule has 0 aliphatic carbocycles. The molecule has 9 nitrogen and oxygen atoms in total. The van der Waals surface area contributed by atoms with Crippen LogP contribution in [0.5, 0.6) is 11.5 Å². The minimum atomic E-state index is -2.40. The number of carbonyl (C=O) groups excluding carboxylic acids is 2. The van der Waals surface area contributed by atoms with Gasteiger partial charge < -0.3 is 19.7 Å². The Labute approximate surface area is 182 Å². The van der Waals surface area contributed by atoms with Crippen LogP contribution in [0.1, 0.15) is 40.9 Å². The first-order valence-electron chi connectivity index (χ1n) is 9.68. The van der Waals surface area contributed by atoms with Crippen LogP contribution >= 0.6 is 0 Å². The van der Waals surface area contributed by atoms with Crippen LogP contribution in [0.4, 0.5) is 5.69 Å². The van der Waals surface area contributed by atoms with Crippen molar-refractivity contribution in [2.75, 3.05) is 25.6 Å². The maximum absolute atomic E-state index is 13.3. The topological polar surface area (TPSA) is 114 Å². The first-order chi connectivity index (χ1) is 15.0. The first kappa shape index (κ1) is 22.7. The molecular formula is C21H24N2O7S. The molecule has 10 heteroatoms. The Morgan fingerprint density at radius 2 is 2.10 bits per heavy atom. The van der Waals surface area contributed by atoms with Gasteiger partial charge in [-0.1, -0.05) is 18.2 Å². The molecule has 3 rings (SSSR count). The van der Waals surface area contributed by atoms with Crippen molar-refractivity contribution in [2.45, 2.75) is 25.9 Å². The van der Waals surface area contributed by atoms with E-state index in [2.05, 4.69) is 5.32 Å². The quantitative estimate of drug-likeness (QED) is 0.401. The summed E-state index contributed by atoms with van der Waals surface area (Å²) in [6.07, 6.45) is 0.811. The van der Waals surface area contributed by atoms with E-state index in [1.54, 1.807) is 36.3 Å². The third-order valence-electron chi connectivity index (χ3n) is 5.00. The zero-order valence-electron chi connectivity index (χ0n) is 17.2. The molecule has 0 fully saturated rings. The third-order valence-corrected chi connectivity index (χ3v) is 5.37. The zero-order chi connectivity index (χ0) is 22.4. The number of rotatable bonds is 11. The fourth-order valence-corrected chi connectivity index (χ4v) is 3.96. The van der Waals surface area contributed by atoms with E-state index < -0.39 is 17.4 Å². The van der Waals surface area contributed by atoms with Crippen LogP contribution in [0.25, 0.3) is 0 Å². The lowest BCUT2D eigenvalue weighted by atomic mass is 10.0. The lowest BCUT2D eigenvalue weighted by Gasteiger charge is -2.29. The van der Waals surface area contributed by atoms with E-state index in [1.165, 1.54) is 0 Å². The van der Waals surface area contributed by atoms with Gasteiger partial charge >= 0.3 is 11.4 Å². The maximum atomic E-state index is 13.3. The molecule has 0 saturated carbocycles. The van der Waals surface area contributed by atoms with E-state index in [1.807, 2.05) is 19.1 Å². The number of benzene rings is 2. The highest BCUT2D eigenvalue weighted by Gasteiger charge is 2.35. The Hall–Kier alpha value is -2.95. The van der Waals surface area contributed by atoms with Crippen LogP contribution < -0.4 is 14.8 Å². The summed E-state index contributed by atoms with van der Waals surface area (Å²) in [7, 11) is 1.54. The minimum Gasteiger partial charge on any atom is -0.493 e. The number of carbonyl (C=O) groups is 2. The molecule has 166 valence electrons. The van der Waals surface area contributed by atoms with Gasteiger partial charge in [0.15, 0.2) is 11.5 Å². The largest absolute Gasteiger partial charge is 0.493 e. The van der Waals surface area contributed by atoms with Gasteiger partial charge in [0.25, 0.3) is 5.91 Å². The summed E-state index contributed by atoms with van der Waals surface area (Å²) in [5.41, 5.74) is 2.43. The van der Waals surface area contributed by atoms with Crippen molar-refractivity contribution < 1.29 is 32.0 Å². The molecule has 1 aliphatic heterocycles. The fraction of sp³-hybridized carbons (Fsp3) is 0.333. The molecule has 2 N–H and O–H groups in total. The Balaban J connectivity index is 1.97. The lowest BCUT2D eigenvalue weighted by molar-refractivity contribution is -0.105. The van der Waals surface area contributed by atoms with Crippen molar-refractivity contribution in [3.63, 3.8) is 0 Å². The van der Waals surface area contributed by atoms with E-state index in [-0.39, 0.29) is 18.9 Å².